The summed E-state index contributed by atoms with van der Waals surface area (Å²) >= 11 is 0. The average Bonchev–Trinajstić information content (AvgIpc) is 2.65. The van der Waals surface area contributed by atoms with Crippen LogP contribution in [0.4, 0.5) is 0 Å². The van der Waals surface area contributed by atoms with E-state index in [0.29, 0.717) is 36.5 Å². The standard InChI is InChI=1S/C20H29NO6/c1-20(10-6-5-7-14(20)19(23)24)21-17(22)9-8-13-11-15(25-2)18(27-4)16(12-13)26-3/h11-12,14H,5-10H2,1-4H3,(H,21,22)(H,23,24). The van der Waals surface area contributed by atoms with E-state index >= 15 is 0 Å². The average molecular weight is 379 g/mol. The van der Waals surface area contributed by atoms with E-state index in [1.165, 1.54) is 7.11 Å². The Labute approximate surface area is 160 Å². The number of aryl methyl sites for hydroxylation is 1. The molecule has 0 saturated heterocycles. The van der Waals surface area contributed by atoms with Gasteiger partial charge in [-0.25, -0.2) is 0 Å². The molecule has 0 radical (unpaired) electrons. The van der Waals surface area contributed by atoms with Crippen molar-refractivity contribution in [3.63, 3.8) is 0 Å². The van der Waals surface area contributed by atoms with Crippen molar-refractivity contribution in [1.82, 2.24) is 5.32 Å². The Morgan fingerprint density at radius 3 is 2.30 bits per heavy atom. The second-order valence-electron chi connectivity index (χ2n) is 7.14. The number of ether oxygens (including phenoxy) is 3. The van der Waals surface area contributed by atoms with Crippen LogP contribution in [0.1, 0.15) is 44.6 Å². The third-order valence-electron chi connectivity index (χ3n) is 5.30. The fourth-order valence-electron chi connectivity index (χ4n) is 3.80. The van der Waals surface area contributed by atoms with Crippen LogP contribution in [0.2, 0.25) is 0 Å². The first-order valence-electron chi connectivity index (χ1n) is 9.17. The summed E-state index contributed by atoms with van der Waals surface area (Å²) in [6.07, 6.45) is 3.82. The quantitative estimate of drug-likeness (QED) is 0.721. The van der Waals surface area contributed by atoms with Gasteiger partial charge in [0, 0.05) is 6.42 Å². The molecule has 150 valence electrons. The summed E-state index contributed by atoms with van der Waals surface area (Å²) in [6.45, 7) is 1.84. The van der Waals surface area contributed by atoms with Gasteiger partial charge in [0.05, 0.1) is 32.8 Å². The van der Waals surface area contributed by atoms with Crippen molar-refractivity contribution < 1.29 is 28.9 Å². The summed E-state index contributed by atoms with van der Waals surface area (Å²) in [5.41, 5.74) is 0.180. The number of carboxylic acids is 1. The molecule has 0 heterocycles. The Balaban J connectivity index is 2.06. The SMILES string of the molecule is COc1cc(CCC(=O)NC2(C)CCCCC2C(=O)O)cc(OC)c1OC. The second-order valence-corrected chi connectivity index (χ2v) is 7.14. The molecule has 1 aromatic carbocycles. The van der Waals surface area contributed by atoms with E-state index in [0.717, 1.165) is 18.4 Å². The number of carbonyl (C=O) groups excluding carboxylic acids is 1. The van der Waals surface area contributed by atoms with Crippen LogP contribution in [0.3, 0.4) is 0 Å². The van der Waals surface area contributed by atoms with E-state index in [1.54, 1.807) is 14.2 Å². The van der Waals surface area contributed by atoms with Gasteiger partial charge in [0.15, 0.2) is 11.5 Å². The number of aliphatic carboxylic acids is 1. The van der Waals surface area contributed by atoms with Gasteiger partial charge in [0.25, 0.3) is 0 Å². The topological polar surface area (TPSA) is 94.1 Å². The van der Waals surface area contributed by atoms with Crippen molar-refractivity contribution in [1.29, 1.82) is 0 Å². The normalized spacial score (nSPS) is 22.0. The van der Waals surface area contributed by atoms with Crippen LogP contribution in [0.5, 0.6) is 17.2 Å². The Bertz CT molecular complexity index is 664. The summed E-state index contributed by atoms with van der Waals surface area (Å²) in [5, 5.41) is 12.4. The zero-order chi connectivity index (χ0) is 20.0. The van der Waals surface area contributed by atoms with E-state index in [2.05, 4.69) is 5.32 Å². The second kappa shape index (κ2) is 8.97. The molecule has 1 fully saturated rings. The lowest BCUT2D eigenvalue weighted by atomic mass is 9.74. The number of carbonyl (C=O) groups is 2. The molecule has 7 nitrogen and oxygen atoms in total. The van der Waals surface area contributed by atoms with Crippen LogP contribution in [0.15, 0.2) is 12.1 Å². The first kappa shape index (κ1) is 20.9. The van der Waals surface area contributed by atoms with Crippen molar-refractivity contribution in [3.8, 4) is 17.2 Å². The van der Waals surface area contributed by atoms with E-state index in [1.807, 2.05) is 19.1 Å². The van der Waals surface area contributed by atoms with Crippen LogP contribution >= 0.6 is 0 Å². The zero-order valence-electron chi connectivity index (χ0n) is 16.5. The highest BCUT2D eigenvalue weighted by molar-refractivity contribution is 5.79. The van der Waals surface area contributed by atoms with E-state index in [9.17, 15) is 14.7 Å². The predicted octanol–water partition coefficient (Wildman–Crippen LogP) is 2.79. The summed E-state index contributed by atoms with van der Waals surface area (Å²) < 4.78 is 16.0. The minimum atomic E-state index is -0.845. The highest BCUT2D eigenvalue weighted by Crippen LogP contribution is 2.38. The van der Waals surface area contributed by atoms with Gasteiger partial charge in [-0.3, -0.25) is 9.59 Å². The Morgan fingerprint density at radius 2 is 1.78 bits per heavy atom. The zero-order valence-corrected chi connectivity index (χ0v) is 16.5. The summed E-state index contributed by atoms with van der Waals surface area (Å²) in [4.78, 5) is 24.0. The van der Waals surface area contributed by atoms with Gasteiger partial charge in [-0.15, -0.1) is 0 Å². The number of methoxy groups -OCH3 is 3. The molecule has 2 N–H and O–H groups in total. The highest BCUT2D eigenvalue weighted by atomic mass is 16.5. The largest absolute Gasteiger partial charge is 0.493 e. The third-order valence-corrected chi connectivity index (χ3v) is 5.30. The van der Waals surface area contributed by atoms with E-state index < -0.39 is 17.4 Å². The summed E-state index contributed by atoms with van der Waals surface area (Å²) in [5.74, 6) is 0.0417. The Morgan fingerprint density at radius 1 is 1.15 bits per heavy atom. The van der Waals surface area contributed by atoms with Gasteiger partial charge in [-0.05, 0) is 43.9 Å². The fourth-order valence-corrected chi connectivity index (χ4v) is 3.80. The number of hydrogen-bond acceptors (Lipinski definition) is 5. The van der Waals surface area contributed by atoms with Gasteiger partial charge in [0.2, 0.25) is 11.7 Å². The van der Waals surface area contributed by atoms with Crippen molar-refractivity contribution in [2.24, 2.45) is 5.92 Å². The van der Waals surface area contributed by atoms with Crippen molar-refractivity contribution in [2.75, 3.05) is 21.3 Å². The molecular weight excluding hydrogens is 350 g/mol. The molecule has 1 aromatic rings. The first-order chi connectivity index (χ1) is 12.8. The number of rotatable bonds is 8. The maximum Gasteiger partial charge on any atom is 0.308 e. The molecule has 0 bridgehead atoms. The van der Waals surface area contributed by atoms with Gasteiger partial charge in [0.1, 0.15) is 0 Å². The molecule has 0 aliphatic heterocycles. The minimum absolute atomic E-state index is 0.153. The number of nitrogens with one attached hydrogen (secondary N) is 1. The van der Waals surface area contributed by atoms with E-state index in [4.69, 9.17) is 14.2 Å². The van der Waals surface area contributed by atoms with Crippen molar-refractivity contribution in [2.45, 2.75) is 51.0 Å². The first-order valence-corrected chi connectivity index (χ1v) is 9.17. The summed E-state index contributed by atoms with van der Waals surface area (Å²) in [7, 11) is 4.63. The Kier molecular flexibility index (Phi) is 6.93. The van der Waals surface area contributed by atoms with Crippen molar-refractivity contribution in [3.05, 3.63) is 17.7 Å². The van der Waals surface area contributed by atoms with Crippen LogP contribution in [-0.4, -0.2) is 43.9 Å². The van der Waals surface area contributed by atoms with Gasteiger partial charge in [-0.1, -0.05) is 12.8 Å². The molecule has 2 atom stereocenters. The predicted molar refractivity (Wildman–Crippen MR) is 101 cm³/mol. The summed E-state index contributed by atoms with van der Waals surface area (Å²) in [6, 6.07) is 3.63. The molecule has 1 aliphatic carbocycles. The maximum atomic E-state index is 12.5. The fraction of sp³-hybridized carbons (Fsp3) is 0.600. The van der Waals surface area contributed by atoms with Crippen LogP contribution in [-0.2, 0) is 16.0 Å². The third kappa shape index (κ3) is 4.84. The molecule has 1 amide bonds. The minimum Gasteiger partial charge on any atom is -0.493 e. The number of carboxylic acid groups (broad SMARTS) is 1. The highest BCUT2D eigenvalue weighted by Gasteiger charge is 2.42. The molecular formula is C20H29NO6. The maximum absolute atomic E-state index is 12.5. The molecule has 0 aromatic heterocycles. The van der Waals surface area contributed by atoms with Gasteiger partial charge < -0.3 is 24.6 Å². The van der Waals surface area contributed by atoms with E-state index in [-0.39, 0.29) is 12.3 Å². The molecule has 1 aliphatic rings. The van der Waals surface area contributed by atoms with Crippen molar-refractivity contribution >= 4 is 11.9 Å². The van der Waals surface area contributed by atoms with Gasteiger partial charge >= 0.3 is 5.97 Å². The lowest BCUT2D eigenvalue weighted by Gasteiger charge is -2.39. The Hall–Kier alpha value is -2.44. The molecule has 2 rings (SSSR count). The molecule has 27 heavy (non-hydrogen) atoms. The van der Waals surface area contributed by atoms with Gasteiger partial charge in [-0.2, -0.15) is 0 Å². The van der Waals surface area contributed by atoms with Crippen LogP contribution < -0.4 is 19.5 Å². The molecule has 0 spiro atoms. The number of benzene rings is 1. The number of hydrogen-bond donors (Lipinski definition) is 2. The number of amides is 1. The monoisotopic (exact) mass is 379 g/mol. The molecule has 2 unspecified atom stereocenters. The smallest absolute Gasteiger partial charge is 0.308 e. The van der Waals surface area contributed by atoms with Crippen LogP contribution in [0, 0.1) is 5.92 Å². The lowest BCUT2D eigenvalue weighted by Crippen LogP contribution is -2.55. The molecule has 1 saturated carbocycles. The lowest BCUT2D eigenvalue weighted by molar-refractivity contribution is -0.146. The van der Waals surface area contributed by atoms with Crippen LogP contribution in [0.25, 0.3) is 0 Å². The molecule has 7 heteroatoms.